The standard InChI is InChI=1S/C6H7ClO3/c7-3-1-2-4-10-6(9)5-8/h8H,3-5H2. The summed E-state index contributed by atoms with van der Waals surface area (Å²) in [6.45, 7) is -0.616. The van der Waals surface area contributed by atoms with E-state index in [1.807, 2.05) is 0 Å². The number of carbonyl (C=O) groups is 1. The van der Waals surface area contributed by atoms with Crippen LogP contribution in [0.1, 0.15) is 0 Å². The number of carbonyl (C=O) groups excluding carboxylic acids is 1. The average Bonchev–Trinajstić information content (AvgIpc) is 1.98. The number of hydrogen-bond acceptors (Lipinski definition) is 3. The summed E-state index contributed by atoms with van der Waals surface area (Å²) in [4.78, 5) is 10.2. The number of aliphatic hydroxyl groups is 1. The third-order valence-corrected chi connectivity index (χ3v) is 0.760. The third-order valence-electron chi connectivity index (χ3n) is 0.626. The van der Waals surface area contributed by atoms with Crippen LogP contribution in [-0.4, -0.2) is 30.2 Å². The largest absolute Gasteiger partial charge is 0.451 e. The van der Waals surface area contributed by atoms with Gasteiger partial charge in [0.25, 0.3) is 0 Å². The van der Waals surface area contributed by atoms with Gasteiger partial charge in [0.1, 0.15) is 6.61 Å². The highest BCUT2D eigenvalue weighted by atomic mass is 35.5. The smallest absolute Gasteiger partial charge is 0.332 e. The van der Waals surface area contributed by atoms with Crippen LogP contribution in [0.4, 0.5) is 0 Å². The first-order valence-corrected chi connectivity index (χ1v) is 3.13. The minimum absolute atomic E-state index is 0.00782. The molecule has 0 spiro atoms. The molecule has 0 bridgehead atoms. The van der Waals surface area contributed by atoms with Gasteiger partial charge in [0.05, 0.1) is 5.88 Å². The Balaban J connectivity index is 3.27. The molecule has 0 aliphatic carbocycles. The van der Waals surface area contributed by atoms with Gasteiger partial charge >= 0.3 is 5.97 Å². The van der Waals surface area contributed by atoms with Crippen LogP contribution >= 0.6 is 11.6 Å². The normalized spacial score (nSPS) is 7.80. The van der Waals surface area contributed by atoms with Crippen LogP contribution in [0, 0.1) is 11.8 Å². The van der Waals surface area contributed by atoms with Gasteiger partial charge in [-0.15, -0.1) is 11.6 Å². The van der Waals surface area contributed by atoms with Crippen LogP contribution in [0.3, 0.4) is 0 Å². The van der Waals surface area contributed by atoms with E-state index in [-0.39, 0.29) is 12.5 Å². The zero-order valence-corrected chi connectivity index (χ0v) is 6.02. The summed E-state index contributed by atoms with van der Waals surface area (Å²) in [5, 5.41) is 8.14. The molecule has 0 saturated carbocycles. The lowest BCUT2D eigenvalue weighted by atomic mass is 10.6. The van der Waals surface area contributed by atoms with E-state index in [0.29, 0.717) is 0 Å². The van der Waals surface area contributed by atoms with Gasteiger partial charge in [-0.25, -0.2) is 4.79 Å². The summed E-state index contributed by atoms with van der Waals surface area (Å²) in [6.07, 6.45) is 0. The van der Waals surface area contributed by atoms with Crippen LogP contribution in [0.25, 0.3) is 0 Å². The van der Waals surface area contributed by atoms with Crippen molar-refractivity contribution >= 4 is 17.6 Å². The van der Waals surface area contributed by atoms with E-state index < -0.39 is 12.6 Å². The lowest BCUT2D eigenvalue weighted by Crippen LogP contribution is -2.08. The molecule has 0 aromatic heterocycles. The fourth-order valence-corrected chi connectivity index (χ4v) is 0.355. The predicted molar refractivity (Wildman–Crippen MR) is 36.5 cm³/mol. The van der Waals surface area contributed by atoms with Crippen molar-refractivity contribution in [2.24, 2.45) is 0 Å². The Hall–Kier alpha value is -0.720. The molecule has 1 N–H and O–H groups in total. The van der Waals surface area contributed by atoms with Gasteiger partial charge in [0.15, 0.2) is 6.61 Å². The van der Waals surface area contributed by atoms with E-state index in [0.717, 1.165) is 0 Å². The lowest BCUT2D eigenvalue weighted by Gasteiger charge is -1.93. The molecule has 0 aromatic rings. The fraction of sp³-hybridized carbons (Fsp3) is 0.500. The molecule has 0 unspecified atom stereocenters. The number of esters is 1. The maximum Gasteiger partial charge on any atom is 0.332 e. The molecule has 0 saturated heterocycles. The first-order chi connectivity index (χ1) is 4.81. The molecule has 56 valence electrons. The maximum atomic E-state index is 10.2. The van der Waals surface area contributed by atoms with Crippen molar-refractivity contribution < 1.29 is 14.6 Å². The summed E-state index contributed by atoms with van der Waals surface area (Å²) in [6, 6.07) is 0. The quantitative estimate of drug-likeness (QED) is 0.347. The Morgan fingerprint density at radius 3 is 2.80 bits per heavy atom. The van der Waals surface area contributed by atoms with Gasteiger partial charge in [0, 0.05) is 0 Å². The number of rotatable bonds is 2. The minimum Gasteiger partial charge on any atom is -0.451 e. The Morgan fingerprint density at radius 1 is 1.60 bits per heavy atom. The summed E-state index contributed by atoms with van der Waals surface area (Å²) in [7, 11) is 0. The summed E-state index contributed by atoms with van der Waals surface area (Å²) >= 11 is 5.19. The van der Waals surface area contributed by atoms with Crippen molar-refractivity contribution in [2.45, 2.75) is 0 Å². The van der Waals surface area contributed by atoms with Crippen LogP contribution < -0.4 is 0 Å². The van der Waals surface area contributed by atoms with Crippen LogP contribution in [0.15, 0.2) is 0 Å². The Kier molecular flexibility index (Phi) is 5.94. The summed E-state index contributed by atoms with van der Waals surface area (Å²) in [5.41, 5.74) is 0. The number of alkyl halides is 1. The molecule has 0 radical (unpaired) electrons. The predicted octanol–water partition coefficient (Wildman–Crippen LogP) is -0.236. The lowest BCUT2D eigenvalue weighted by molar-refractivity contribution is -0.145. The molecule has 0 amide bonds. The van der Waals surface area contributed by atoms with E-state index in [1.165, 1.54) is 0 Å². The Morgan fingerprint density at radius 2 is 2.30 bits per heavy atom. The highest BCUT2D eigenvalue weighted by Gasteiger charge is 1.94. The van der Waals surface area contributed by atoms with Gasteiger partial charge in [-0.3, -0.25) is 0 Å². The van der Waals surface area contributed by atoms with E-state index >= 15 is 0 Å². The highest BCUT2D eigenvalue weighted by Crippen LogP contribution is 1.74. The molecular weight excluding hydrogens is 156 g/mol. The SMILES string of the molecule is O=C(CO)OCC#CCCl. The van der Waals surface area contributed by atoms with Crippen LogP contribution in [0.2, 0.25) is 0 Å². The van der Waals surface area contributed by atoms with E-state index in [9.17, 15) is 4.79 Å². The van der Waals surface area contributed by atoms with E-state index in [2.05, 4.69) is 16.6 Å². The molecule has 0 fully saturated rings. The topological polar surface area (TPSA) is 46.5 Å². The average molecular weight is 163 g/mol. The molecular formula is C6H7ClO3. The second-order valence-corrected chi connectivity index (χ2v) is 1.57. The fourth-order valence-electron chi connectivity index (χ4n) is 0.260. The molecule has 0 atom stereocenters. The van der Waals surface area contributed by atoms with Gasteiger partial charge in [0.2, 0.25) is 0 Å². The van der Waals surface area contributed by atoms with Crippen LogP contribution in [0.5, 0.6) is 0 Å². The molecule has 10 heavy (non-hydrogen) atoms. The van der Waals surface area contributed by atoms with Crippen molar-refractivity contribution in [3.8, 4) is 11.8 Å². The number of hydrogen-bond donors (Lipinski definition) is 1. The molecule has 0 aliphatic heterocycles. The maximum absolute atomic E-state index is 10.2. The van der Waals surface area contributed by atoms with Crippen molar-refractivity contribution in [2.75, 3.05) is 19.1 Å². The van der Waals surface area contributed by atoms with Gasteiger partial charge < -0.3 is 9.84 Å². The second kappa shape index (κ2) is 6.40. The monoisotopic (exact) mass is 162 g/mol. The van der Waals surface area contributed by atoms with Crippen LogP contribution in [-0.2, 0) is 9.53 Å². The van der Waals surface area contributed by atoms with Gasteiger partial charge in [-0.2, -0.15) is 0 Å². The van der Waals surface area contributed by atoms with Crippen molar-refractivity contribution in [3.05, 3.63) is 0 Å². The van der Waals surface area contributed by atoms with Gasteiger partial charge in [-0.05, 0) is 0 Å². The van der Waals surface area contributed by atoms with Crippen molar-refractivity contribution in [1.82, 2.24) is 0 Å². The Labute approximate surface area is 63.9 Å². The molecule has 0 heterocycles. The van der Waals surface area contributed by atoms with Crippen molar-refractivity contribution in [3.63, 3.8) is 0 Å². The third kappa shape index (κ3) is 5.42. The zero-order valence-electron chi connectivity index (χ0n) is 5.26. The first-order valence-electron chi connectivity index (χ1n) is 2.59. The van der Waals surface area contributed by atoms with Crippen molar-refractivity contribution in [1.29, 1.82) is 0 Å². The van der Waals surface area contributed by atoms with E-state index in [4.69, 9.17) is 16.7 Å². The number of ether oxygens (including phenoxy) is 1. The summed E-state index contributed by atoms with van der Waals surface area (Å²) in [5.74, 6) is 4.49. The second-order valence-electron chi connectivity index (χ2n) is 1.31. The minimum atomic E-state index is -0.677. The molecule has 0 rings (SSSR count). The molecule has 0 aliphatic rings. The zero-order chi connectivity index (χ0) is 7.82. The van der Waals surface area contributed by atoms with Gasteiger partial charge in [-0.1, -0.05) is 11.8 Å². The Bertz CT molecular complexity index is 156. The van der Waals surface area contributed by atoms with E-state index in [1.54, 1.807) is 0 Å². The number of halogens is 1. The molecule has 4 heteroatoms. The molecule has 3 nitrogen and oxygen atoms in total. The first kappa shape index (κ1) is 9.28. The molecule has 0 aromatic carbocycles. The summed E-state index contributed by atoms with van der Waals surface area (Å²) < 4.78 is 4.37. The highest BCUT2D eigenvalue weighted by molar-refractivity contribution is 6.19. The number of aliphatic hydroxyl groups excluding tert-OH is 1.